The van der Waals surface area contributed by atoms with E-state index in [2.05, 4.69) is 9.97 Å². The first-order valence-electron chi connectivity index (χ1n) is 4.90. The third kappa shape index (κ3) is 2.75. The van der Waals surface area contributed by atoms with Crippen LogP contribution in [0.25, 0.3) is 0 Å². The molecule has 0 aliphatic carbocycles. The van der Waals surface area contributed by atoms with Gasteiger partial charge in [-0.1, -0.05) is 20.8 Å². The van der Waals surface area contributed by atoms with Crippen LogP contribution >= 0.6 is 0 Å². The summed E-state index contributed by atoms with van der Waals surface area (Å²) in [5.74, 6) is 0.461. The Morgan fingerprint density at radius 1 is 1.40 bits per heavy atom. The van der Waals surface area contributed by atoms with Crippen molar-refractivity contribution in [2.75, 3.05) is 11.9 Å². The highest BCUT2D eigenvalue weighted by Crippen LogP contribution is 2.19. The summed E-state index contributed by atoms with van der Waals surface area (Å²) in [6.07, 6.45) is 1.66. The van der Waals surface area contributed by atoms with Crippen LogP contribution in [0.3, 0.4) is 0 Å². The predicted octanol–water partition coefficient (Wildman–Crippen LogP) is 1.79. The van der Waals surface area contributed by atoms with Crippen molar-refractivity contribution in [2.45, 2.75) is 27.7 Å². The van der Waals surface area contributed by atoms with Crippen LogP contribution in [0.4, 0.5) is 5.95 Å². The molecule has 0 bridgehead atoms. The number of hydrogen-bond acceptors (Lipinski definition) is 3. The van der Waals surface area contributed by atoms with Gasteiger partial charge >= 0.3 is 0 Å². The molecule has 1 aromatic rings. The molecule has 0 saturated heterocycles. The topological polar surface area (TPSA) is 46.1 Å². The van der Waals surface area contributed by atoms with Gasteiger partial charge in [-0.3, -0.25) is 9.69 Å². The van der Waals surface area contributed by atoms with Crippen molar-refractivity contribution in [2.24, 2.45) is 5.41 Å². The van der Waals surface area contributed by atoms with Crippen molar-refractivity contribution in [3.63, 3.8) is 0 Å². The lowest BCUT2D eigenvalue weighted by molar-refractivity contribution is -0.125. The fourth-order valence-corrected chi connectivity index (χ4v) is 1.19. The van der Waals surface area contributed by atoms with Gasteiger partial charge in [-0.2, -0.15) is 0 Å². The minimum absolute atomic E-state index is 0.00750. The predicted molar refractivity (Wildman–Crippen MR) is 59.6 cm³/mol. The standard InChI is InChI=1S/C11H17N3O/c1-8-6-7-12-10(13-8)14(5)9(15)11(2,3)4/h6-7H,1-5H3. The average Bonchev–Trinajstić information content (AvgIpc) is 2.14. The number of anilines is 1. The second-order valence-corrected chi connectivity index (χ2v) is 4.61. The monoisotopic (exact) mass is 207 g/mol. The van der Waals surface area contributed by atoms with Crippen molar-refractivity contribution in [3.05, 3.63) is 18.0 Å². The summed E-state index contributed by atoms with van der Waals surface area (Å²) >= 11 is 0. The highest BCUT2D eigenvalue weighted by atomic mass is 16.2. The van der Waals surface area contributed by atoms with E-state index in [4.69, 9.17) is 0 Å². The maximum atomic E-state index is 11.9. The van der Waals surface area contributed by atoms with Gasteiger partial charge in [0.15, 0.2) is 0 Å². The molecule has 0 aliphatic rings. The molecule has 0 unspecified atom stereocenters. The van der Waals surface area contributed by atoms with E-state index in [0.717, 1.165) is 5.69 Å². The van der Waals surface area contributed by atoms with E-state index in [1.807, 2.05) is 27.7 Å². The average molecular weight is 207 g/mol. The van der Waals surface area contributed by atoms with Gasteiger partial charge in [-0.05, 0) is 13.0 Å². The van der Waals surface area contributed by atoms with E-state index >= 15 is 0 Å². The van der Waals surface area contributed by atoms with Crippen LogP contribution in [0.15, 0.2) is 12.3 Å². The Kier molecular flexibility index (Phi) is 3.07. The van der Waals surface area contributed by atoms with Crippen molar-refractivity contribution in [3.8, 4) is 0 Å². The van der Waals surface area contributed by atoms with Crippen molar-refractivity contribution >= 4 is 11.9 Å². The lowest BCUT2D eigenvalue weighted by Gasteiger charge is -2.24. The zero-order valence-corrected chi connectivity index (χ0v) is 9.90. The molecule has 1 heterocycles. The summed E-state index contributed by atoms with van der Waals surface area (Å²) in [6, 6.07) is 1.80. The Morgan fingerprint density at radius 3 is 2.47 bits per heavy atom. The summed E-state index contributed by atoms with van der Waals surface area (Å²) < 4.78 is 0. The van der Waals surface area contributed by atoms with Crippen molar-refractivity contribution in [1.29, 1.82) is 0 Å². The first-order valence-corrected chi connectivity index (χ1v) is 4.90. The zero-order chi connectivity index (χ0) is 11.6. The molecule has 0 aliphatic heterocycles. The first-order chi connectivity index (χ1) is 6.82. The number of amides is 1. The molecule has 15 heavy (non-hydrogen) atoms. The van der Waals surface area contributed by atoms with Crippen LogP contribution in [0.1, 0.15) is 26.5 Å². The zero-order valence-electron chi connectivity index (χ0n) is 9.90. The quantitative estimate of drug-likeness (QED) is 0.705. The second-order valence-electron chi connectivity index (χ2n) is 4.61. The van der Waals surface area contributed by atoms with Gasteiger partial charge in [0.1, 0.15) is 0 Å². The van der Waals surface area contributed by atoms with Crippen LogP contribution in [0.5, 0.6) is 0 Å². The molecule has 0 aromatic carbocycles. The molecule has 0 radical (unpaired) electrons. The molecular weight excluding hydrogens is 190 g/mol. The normalized spacial score (nSPS) is 11.3. The van der Waals surface area contributed by atoms with Crippen LogP contribution in [-0.2, 0) is 4.79 Å². The number of nitrogens with zero attached hydrogens (tertiary/aromatic N) is 3. The second kappa shape index (κ2) is 3.96. The Labute approximate surface area is 90.3 Å². The van der Waals surface area contributed by atoms with Crippen LogP contribution in [0.2, 0.25) is 0 Å². The van der Waals surface area contributed by atoms with Crippen molar-refractivity contribution < 1.29 is 4.79 Å². The van der Waals surface area contributed by atoms with E-state index in [0.29, 0.717) is 5.95 Å². The van der Waals surface area contributed by atoms with Gasteiger partial charge in [0, 0.05) is 24.4 Å². The van der Waals surface area contributed by atoms with Gasteiger partial charge < -0.3 is 0 Å². The summed E-state index contributed by atoms with van der Waals surface area (Å²) in [5, 5.41) is 0. The Balaban J connectivity index is 2.95. The largest absolute Gasteiger partial charge is 0.283 e. The van der Waals surface area contributed by atoms with Crippen LogP contribution in [0, 0.1) is 12.3 Å². The van der Waals surface area contributed by atoms with E-state index < -0.39 is 5.41 Å². The number of aryl methyl sites for hydroxylation is 1. The summed E-state index contributed by atoms with van der Waals surface area (Å²) in [7, 11) is 1.70. The number of aromatic nitrogens is 2. The van der Waals surface area contributed by atoms with E-state index in [-0.39, 0.29) is 5.91 Å². The minimum atomic E-state index is -0.415. The molecule has 0 fully saturated rings. The van der Waals surface area contributed by atoms with Gasteiger partial charge in [0.2, 0.25) is 11.9 Å². The third-order valence-electron chi connectivity index (χ3n) is 2.03. The van der Waals surface area contributed by atoms with Gasteiger partial charge in [0.25, 0.3) is 0 Å². The molecule has 0 atom stereocenters. The van der Waals surface area contributed by atoms with Gasteiger partial charge in [-0.25, -0.2) is 9.97 Å². The molecule has 1 rings (SSSR count). The minimum Gasteiger partial charge on any atom is -0.283 e. The van der Waals surface area contributed by atoms with E-state index in [1.54, 1.807) is 19.3 Å². The number of carbonyl (C=O) groups excluding carboxylic acids is 1. The molecule has 4 nitrogen and oxygen atoms in total. The fourth-order valence-electron chi connectivity index (χ4n) is 1.19. The lowest BCUT2D eigenvalue weighted by atomic mass is 9.95. The Hall–Kier alpha value is -1.45. The summed E-state index contributed by atoms with van der Waals surface area (Å²) in [6.45, 7) is 7.51. The molecule has 82 valence electrons. The molecule has 4 heteroatoms. The highest BCUT2D eigenvalue weighted by Gasteiger charge is 2.26. The summed E-state index contributed by atoms with van der Waals surface area (Å²) in [5.41, 5.74) is 0.440. The maximum Gasteiger partial charge on any atom is 0.234 e. The Morgan fingerprint density at radius 2 is 2.00 bits per heavy atom. The molecule has 1 amide bonds. The molecule has 1 aromatic heterocycles. The van der Waals surface area contributed by atoms with Crippen LogP contribution in [-0.4, -0.2) is 22.9 Å². The van der Waals surface area contributed by atoms with Crippen molar-refractivity contribution in [1.82, 2.24) is 9.97 Å². The molecule has 0 saturated carbocycles. The van der Waals surface area contributed by atoms with Gasteiger partial charge in [-0.15, -0.1) is 0 Å². The third-order valence-corrected chi connectivity index (χ3v) is 2.03. The van der Waals surface area contributed by atoms with E-state index in [9.17, 15) is 4.79 Å². The van der Waals surface area contributed by atoms with Crippen LogP contribution < -0.4 is 4.90 Å². The lowest BCUT2D eigenvalue weighted by Crippen LogP contribution is -2.37. The smallest absolute Gasteiger partial charge is 0.234 e. The molecule has 0 spiro atoms. The number of rotatable bonds is 1. The first kappa shape index (κ1) is 11.6. The molecule has 0 N–H and O–H groups in total. The van der Waals surface area contributed by atoms with E-state index in [1.165, 1.54) is 4.90 Å². The highest BCUT2D eigenvalue weighted by molar-refractivity contribution is 5.94. The number of carbonyl (C=O) groups is 1. The number of hydrogen-bond donors (Lipinski definition) is 0. The molecular formula is C11H17N3O. The van der Waals surface area contributed by atoms with Gasteiger partial charge in [0.05, 0.1) is 0 Å². The fraction of sp³-hybridized carbons (Fsp3) is 0.545. The summed E-state index contributed by atoms with van der Waals surface area (Å²) in [4.78, 5) is 21.7. The maximum absolute atomic E-state index is 11.9. The Bertz CT molecular complexity index is 368. The SMILES string of the molecule is Cc1ccnc(N(C)C(=O)C(C)(C)C)n1.